The molecule has 2 rings (SSSR count). The maximum Gasteiger partial charge on any atom is 0.0685 e. The van der Waals surface area contributed by atoms with Gasteiger partial charge in [-0.2, -0.15) is 0 Å². The highest BCUT2D eigenvalue weighted by Gasteiger charge is 2.32. The van der Waals surface area contributed by atoms with Crippen LogP contribution < -0.4 is 0 Å². The fraction of sp³-hybridized carbons (Fsp3) is 0.714. The van der Waals surface area contributed by atoms with E-state index in [1.165, 1.54) is 32.1 Å². The SMILES string of the molecule is C=CC/C1=C2\CCC[C@](O)(CCCC1)C2. The second-order valence-corrected chi connectivity index (χ2v) is 5.16. The van der Waals surface area contributed by atoms with Crippen LogP contribution in [-0.4, -0.2) is 10.7 Å². The van der Waals surface area contributed by atoms with Gasteiger partial charge in [0.1, 0.15) is 0 Å². The third kappa shape index (κ3) is 2.52. The van der Waals surface area contributed by atoms with Crippen molar-refractivity contribution in [1.29, 1.82) is 0 Å². The van der Waals surface area contributed by atoms with Crippen LogP contribution in [-0.2, 0) is 0 Å². The highest BCUT2D eigenvalue weighted by atomic mass is 16.3. The van der Waals surface area contributed by atoms with E-state index in [9.17, 15) is 5.11 Å². The Hall–Kier alpha value is -0.560. The van der Waals surface area contributed by atoms with Crippen molar-refractivity contribution in [2.24, 2.45) is 0 Å². The highest BCUT2D eigenvalue weighted by molar-refractivity contribution is 5.22. The monoisotopic (exact) mass is 206 g/mol. The van der Waals surface area contributed by atoms with E-state index in [0.29, 0.717) is 0 Å². The molecule has 2 aliphatic carbocycles. The summed E-state index contributed by atoms with van der Waals surface area (Å²) >= 11 is 0. The van der Waals surface area contributed by atoms with Gasteiger partial charge in [0, 0.05) is 0 Å². The van der Waals surface area contributed by atoms with E-state index in [-0.39, 0.29) is 5.60 Å². The van der Waals surface area contributed by atoms with E-state index in [0.717, 1.165) is 25.7 Å². The lowest BCUT2D eigenvalue weighted by atomic mass is 9.74. The van der Waals surface area contributed by atoms with Gasteiger partial charge in [-0.1, -0.05) is 23.6 Å². The molecule has 0 aromatic heterocycles. The van der Waals surface area contributed by atoms with Crippen LogP contribution in [0.15, 0.2) is 23.8 Å². The Kier molecular flexibility index (Phi) is 3.30. The predicted octanol–water partition coefficient (Wildman–Crippen LogP) is 3.74. The topological polar surface area (TPSA) is 20.2 Å². The average molecular weight is 206 g/mol. The first kappa shape index (κ1) is 10.9. The van der Waals surface area contributed by atoms with Crippen molar-refractivity contribution in [1.82, 2.24) is 0 Å². The molecule has 0 amide bonds. The second-order valence-electron chi connectivity index (χ2n) is 5.16. The minimum Gasteiger partial charge on any atom is -0.390 e. The van der Waals surface area contributed by atoms with Crippen LogP contribution in [0.5, 0.6) is 0 Å². The minimum atomic E-state index is -0.361. The maximum atomic E-state index is 10.4. The van der Waals surface area contributed by atoms with Crippen LogP contribution in [0.4, 0.5) is 0 Å². The molecule has 1 saturated carbocycles. The molecule has 0 unspecified atom stereocenters. The Labute approximate surface area is 92.9 Å². The van der Waals surface area contributed by atoms with Gasteiger partial charge in [0.05, 0.1) is 5.60 Å². The van der Waals surface area contributed by atoms with Crippen LogP contribution >= 0.6 is 0 Å². The quantitative estimate of drug-likeness (QED) is 0.682. The number of hydrogen-bond acceptors (Lipinski definition) is 1. The second kappa shape index (κ2) is 4.52. The molecule has 0 aromatic carbocycles. The predicted molar refractivity (Wildman–Crippen MR) is 63.7 cm³/mol. The van der Waals surface area contributed by atoms with Crippen molar-refractivity contribution in [2.45, 2.75) is 63.4 Å². The molecule has 0 aliphatic heterocycles. The molecular weight excluding hydrogens is 184 g/mol. The van der Waals surface area contributed by atoms with Crippen LogP contribution in [0.1, 0.15) is 57.8 Å². The van der Waals surface area contributed by atoms with Gasteiger partial charge in [0.25, 0.3) is 0 Å². The van der Waals surface area contributed by atoms with Crippen molar-refractivity contribution in [3.05, 3.63) is 23.8 Å². The van der Waals surface area contributed by atoms with Gasteiger partial charge in [-0.15, -0.1) is 6.58 Å². The summed E-state index contributed by atoms with van der Waals surface area (Å²) in [7, 11) is 0. The summed E-state index contributed by atoms with van der Waals surface area (Å²) in [6.45, 7) is 3.84. The molecule has 2 aliphatic rings. The van der Waals surface area contributed by atoms with Crippen molar-refractivity contribution in [2.75, 3.05) is 0 Å². The Morgan fingerprint density at radius 2 is 2.00 bits per heavy atom. The molecule has 1 atom stereocenters. The fourth-order valence-corrected chi connectivity index (χ4v) is 3.11. The van der Waals surface area contributed by atoms with E-state index in [1.807, 2.05) is 6.08 Å². The van der Waals surface area contributed by atoms with Crippen LogP contribution in [0, 0.1) is 0 Å². The van der Waals surface area contributed by atoms with E-state index in [1.54, 1.807) is 11.1 Å². The van der Waals surface area contributed by atoms with Gasteiger partial charge in [-0.25, -0.2) is 0 Å². The van der Waals surface area contributed by atoms with Crippen molar-refractivity contribution < 1.29 is 5.11 Å². The summed E-state index contributed by atoms with van der Waals surface area (Å²) in [5.74, 6) is 0. The number of hydrogen-bond donors (Lipinski definition) is 1. The van der Waals surface area contributed by atoms with Crippen molar-refractivity contribution in [3.8, 4) is 0 Å². The van der Waals surface area contributed by atoms with E-state index < -0.39 is 0 Å². The Balaban J connectivity index is 2.22. The number of allylic oxidation sites excluding steroid dienone is 2. The molecule has 84 valence electrons. The molecule has 15 heavy (non-hydrogen) atoms. The van der Waals surface area contributed by atoms with Crippen molar-refractivity contribution >= 4 is 0 Å². The van der Waals surface area contributed by atoms with Gasteiger partial charge in [0.15, 0.2) is 0 Å². The van der Waals surface area contributed by atoms with E-state index in [4.69, 9.17) is 0 Å². The fourth-order valence-electron chi connectivity index (χ4n) is 3.11. The van der Waals surface area contributed by atoms with E-state index in [2.05, 4.69) is 6.58 Å². The molecule has 0 radical (unpaired) electrons. The number of aliphatic hydroxyl groups is 1. The average Bonchev–Trinajstić information content (AvgIpc) is 2.21. The lowest BCUT2D eigenvalue weighted by Gasteiger charge is -2.36. The van der Waals surface area contributed by atoms with E-state index >= 15 is 0 Å². The Bertz CT molecular complexity index is 277. The minimum absolute atomic E-state index is 0.361. The molecule has 1 nitrogen and oxygen atoms in total. The van der Waals surface area contributed by atoms with Crippen LogP contribution in [0.3, 0.4) is 0 Å². The summed E-state index contributed by atoms with van der Waals surface area (Å²) in [4.78, 5) is 0. The Morgan fingerprint density at radius 3 is 2.80 bits per heavy atom. The summed E-state index contributed by atoms with van der Waals surface area (Å²) in [6.07, 6.45) is 12.1. The molecular formula is C14H22O. The lowest BCUT2D eigenvalue weighted by Crippen LogP contribution is -2.33. The van der Waals surface area contributed by atoms with Crippen LogP contribution in [0.25, 0.3) is 0 Å². The number of rotatable bonds is 2. The maximum absolute atomic E-state index is 10.4. The molecule has 0 heterocycles. The summed E-state index contributed by atoms with van der Waals surface area (Å²) in [6, 6.07) is 0. The van der Waals surface area contributed by atoms with Gasteiger partial charge in [-0.05, 0) is 51.4 Å². The number of fused-ring (bicyclic) bond motifs is 2. The zero-order valence-electron chi connectivity index (χ0n) is 9.60. The molecule has 1 heteroatoms. The molecule has 2 bridgehead atoms. The summed E-state index contributed by atoms with van der Waals surface area (Å²) < 4.78 is 0. The third-order valence-electron chi connectivity index (χ3n) is 3.92. The lowest BCUT2D eigenvalue weighted by molar-refractivity contribution is 0.00716. The zero-order chi connectivity index (χ0) is 10.7. The zero-order valence-corrected chi connectivity index (χ0v) is 9.60. The summed E-state index contributed by atoms with van der Waals surface area (Å²) in [5.41, 5.74) is 2.76. The van der Waals surface area contributed by atoms with Gasteiger partial charge >= 0.3 is 0 Å². The van der Waals surface area contributed by atoms with Gasteiger partial charge < -0.3 is 5.11 Å². The Morgan fingerprint density at radius 1 is 1.20 bits per heavy atom. The molecule has 0 saturated heterocycles. The molecule has 0 spiro atoms. The van der Waals surface area contributed by atoms with Gasteiger partial charge in [-0.3, -0.25) is 0 Å². The molecule has 1 N–H and O–H groups in total. The first-order valence-electron chi connectivity index (χ1n) is 6.26. The molecule has 1 fully saturated rings. The largest absolute Gasteiger partial charge is 0.390 e. The first-order valence-corrected chi connectivity index (χ1v) is 6.26. The van der Waals surface area contributed by atoms with Crippen molar-refractivity contribution in [3.63, 3.8) is 0 Å². The smallest absolute Gasteiger partial charge is 0.0685 e. The molecule has 0 aromatic rings. The van der Waals surface area contributed by atoms with Gasteiger partial charge in [0.2, 0.25) is 0 Å². The van der Waals surface area contributed by atoms with Crippen LogP contribution in [0.2, 0.25) is 0 Å². The standard InChI is InChI=1S/C14H22O/c1-2-6-12-7-3-4-9-14(15)10-5-8-13(12)11-14/h2,15H,1,3-11H2/b13-12-/t14-/m1/s1. The third-order valence-corrected chi connectivity index (χ3v) is 3.92. The highest BCUT2D eigenvalue weighted by Crippen LogP contribution is 2.40. The summed E-state index contributed by atoms with van der Waals surface area (Å²) in [5, 5.41) is 10.4. The first-order chi connectivity index (χ1) is 7.23. The normalized spacial score (nSPS) is 36.9.